The summed E-state index contributed by atoms with van der Waals surface area (Å²) in [4.78, 5) is 15.8. The summed E-state index contributed by atoms with van der Waals surface area (Å²) in [6.07, 6.45) is 4.75. The van der Waals surface area contributed by atoms with E-state index in [1.165, 1.54) is 32.4 Å². The van der Waals surface area contributed by atoms with E-state index in [-0.39, 0.29) is 0 Å². The van der Waals surface area contributed by atoms with E-state index in [1.807, 2.05) is 0 Å². The number of piperidine rings is 1. The molecule has 110 valence electrons. The Morgan fingerprint density at radius 1 is 1.21 bits per heavy atom. The van der Waals surface area contributed by atoms with Crippen molar-refractivity contribution in [3.05, 3.63) is 0 Å². The molecule has 2 saturated heterocycles. The quantitative estimate of drug-likeness (QED) is 0.729. The minimum absolute atomic E-state index is 0.297. The Labute approximate surface area is 117 Å². The van der Waals surface area contributed by atoms with Gasteiger partial charge in [0.05, 0.1) is 12.7 Å². The van der Waals surface area contributed by atoms with Crippen molar-refractivity contribution in [3.8, 4) is 0 Å². The number of hydrogen-bond donors (Lipinski definition) is 0. The van der Waals surface area contributed by atoms with Crippen LogP contribution in [0.3, 0.4) is 0 Å². The van der Waals surface area contributed by atoms with Gasteiger partial charge in [0.15, 0.2) is 0 Å². The van der Waals surface area contributed by atoms with Gasteiger partial charge in [-0.15, -0.1) is 0 Å². The molecule has 0 radical (unpaired) electrons. The van der Waals surface area contributed by atoms with Crippen LogP contribution in [0.4, 0.5) is 0 Å². The zero-order valence-corrected chi connectivity index (χ0v) is 12.4. The van der Waals surface area contributed by atoms with Crippen LogP contribution in [0.1, 0.15) is 32.6 Å². The van der Waals surface area contributed by atoms with Gasteiger partial charge in [-0.3, -0.25) is 4.79 Å². The highest BCUT2D eigenvalue weighted by Crippen LogP contribution is 2.19. The van der Waals surface area contributed by atoms with Crippen molar-refractivity contribution in [3.63, 3.8) is 0 Å². The second kappa shape index (κ2) is 7.36. The molecule has 2 aliphatic rings. The average Bonchev–Trinajstić information content (AvgIpc) is 2.84. The highest BCUT2D eigenvalue weighted by Gasteiger charge is 2.24. The molecule has 2 aliphatic heterocycles. The van der Waals surface area contributed by atoms with Gasteiger partial charge >= 0.3 is 0 Å². The summed E-state index contributed by atoms with van der Waals surface area (Å²) in [5.41, 5.74) is 0. The molecule has 0 aliphatic carbocycles. The minimum Gasteiger partial charge on any atom is -0.378 e. The number of carbonyl (C=O) groups excluding carboxylic acids is 1. The van der Waals surface area contributed by atoms with E-state index in [0.717, 1.165) is 26.2 Å². The predicted molar refractivity (Wildman–Crippen MR) is 76.3 cm³/mol. The van der Waals surface area contributed by atoms with E-state index < -0.39 is 0 Å². The van der Waals surface area contributed by atoms with Crippen LogP contribution in [0.25, 0.3) is 0 Å². The predicted octanol–water partition coefficient (Wildman–Crippen LogP) is 1.40. The van der Waals surface area contributed by atoms with E-state index in [0.29, 0.717) is 24.2 Å². The van der Waals surface area contributed by atoms with Crippen LogP contribution in [0.2, 0.25) is 0 Å². The fourth-order valence-electron chi connectivity index (χ4n) is 2.99. The van der Waals surface area contributed by atoms with Gasteiger partial charge in [0, 0.05) is 32.6 Å². The lowest BCUT2D eigenvalue weighted by atomic mass is 10.1. The van der Waals surface area contributed by atoms with Gasteiger partial charge in [0.1, 0.15) is 5.78 Å². The minimum atomic E-state index is 0.297. The van der Waals surface area contributed by atoms with Crippen LogP contribution < -0.4 is 0 Å². The average molecular weight is 268 g/mol. The molecule has 4 nitrogen and oxygen atoms in total. The summed E-state index contributed by atoms with van der Waals surface area (Å²) in [5, 5.41) is 0. The highest BCUT2D eigenvalue weighted by atomic mass is 16.5. The molecule has 0 amide bonds. The summed E-state index contributed by atoms with van der Waals surface area (Å²) in [6.45, 7) is 8.09. The molecule has 1 unspecified atom stereocenters. The molecule has 0 saturated carbocycles. The summed E-state index contributed by atoms with van der Waals surface area (Å²) in [7, 11) is 2.18. The summed E-state index contributed by atoms with van der Waals surface area (Å²) < 4.78 is 6.07. The van der Waals surface area contributed by atoms with Gasteiger partial charge in [-0.2, -0.15) is 0 Å². The molecule has 2 fully saturated rings. The van der Waals surface area contributed by atoms with E-state index in [2.05, 4.69) is 16.8 Å². The first-order valence-electron chi connectivity index (χ1n) is 7.65. The topological polar surface area (TPSA) is 32.8 Å². The van der Waals surface area contributed by atoms with Gasteiger partial charge in [-0.25, -0.2) is 0 Å². The van der Waals surface area contributed by atoms with Crippen molar-refractivity contribution in [2.24, 2.45) is 5.92 Å². The number of rotatable bonds is 6. The maximum Gasteiger partial charge on any atom is 0.131 e. The maximum atomic E-state index is 11.0. The molecule has 1 atom stereocenters. The molecule has 0 N–H and O–H groups in total. The molecule has 19 heavy (non-hydrogen) atoms. The number of Topliss-reactive ketones (excluding diaryl/α,β-unsaturated/α-hetero) is 1. The molecule has 0 bridgehead atoms. The van der Waals surface area contributed by atoms with E-state index in [1.54, 1.807) is 6.92 Å². The zero-order valence-electron chi connectivity index (χ0n) is 12.4. The Kier molecular flexibility index (Phi) is 5.79. The van der Waals surface area contributed by atoms with Crippen molar-refractivity contribution in [2.75, 3.05) is 46.4 Å². The van der Waals surface area contributed by atoms with Crippen molar-refractivity contribution in [1.82, 2.24) is 9.80 Å². The maximum absolute atomic E-state index is 11.0. The fraction of sp³-hybridized carbons (Fsp3) is 0.933. The Morgan fingerprint density at radius 2 is 1.95 bits per heavy atom. The number of nitrogens with zero attached hydrogens (tertiary/aromatic N) is 2. The highest BCUT2D eigenvalue weighted by molar-refractivity contribution is 5.75. The first-order valence-corrected chi connectivity index (χ1v) is 7.65. The Hall–Kier alpha value is -0.450. The lowest BCUT2D eigenvalue weighted by molar-refractivity contribution is -0.117. The normalized spacial score (nSPS) is 26.9. The van der Waals surface area contributed by atoms with Gasteiger partial charge in [-0.05, 0) is 45.7 Å². The molecule has 0 aromatic rings. The van der Waals surface area contributed by atoms with Crippen LogP contribution in [0.15, 0.2) is 0 Å². The molecule has 4 heteroatoms. The van der Waals surface area contributed by atoms with Gasteiger partial charge in [0.2, 0.25) is 0 Å². The van der Waals surface area contributed by atoms with Crippen LogP contribution in [-0.2, 0) is 9.53 Å². The Bertz CT molecular complexity index is 288. The van der Waals surface area contributed by atoms with Gasteiger partial charge < -0.3 is 14.5 Å². The molecular weight excluding hydrogens is 240 g/mol. The van der Waals surface area contributed by atoms with Crippen LogP contribution in [0.5, 0.6) is 0 Å². The first kappa shape index (κ1) is 14.9. The van der Waals surface area contributed by atoms with E-state index >= 15 is 0 Å². The lowest BCUT2D eigenvalue weighted by Gasteiger charge is -2.29. The van der Waals surface area contributed by atoms with Crippen molar-refractivity contribution < 1.29 is 9.53 Å². The second-order valence-electron chi connectivity index (χ2n) is 6.24. The molecule has 0 aromatic heterocycles. The van der Waals surface area contributed by atoms with Crippen molar-refractivity contribution >= 4 is 5.78 Å². The van der Waals surface area contributed by atoms with Crippen molar-refractivity contribution in [2.45, 2.75) is 38.7 Å². The SMILES string of the molecule is CC(=O)CCN1CCC(COC2CCN(C)CC2)C1. The van der Waals surface area contributed by atoms with E-state index in [4.69, 9.17) is 4.74 Å². The third kappa shape index (κ3) is 5.21. The van der Waals surface area contributed by atoms with Crippen LogP contribution >= 0.6 is 0 Å². The number of hydrogen-bond acceptors (Lipinski definition) is 4. The number of ether oxygens (including phenoxy) is 1. The third-order valence-corrected chi connectivity index (χ3v) is 4.38. The summed E-state index contributed by atoms with van der Waals surface area (Å²) in [6, 6.07) is 0. The molecule has 2 rings (SSSR count). The largest absolute Gasteiger partial charge is 0.378 e. The lowest BCUT2D eigenvalue weighted by Crippen LogP contribution is -2.35. The summed E-state index contributed by atoms with van der Waals surface area (Å²) in [5.74, 6) is 0.970. The van der Waals surface area contributed by atoms with E-state index in [9.17, 15) is 4.79 Å². The Balaban J connectivity index is 1.58. The monoisotopic (exact) mass is 268 g/mol. The summed E-state index contributed by atoms with van der Waals surface area (Å²) >= 11 is 0. The van der Waals surface area contributed by atoms with Crippen LogP contribution in [-0.4, -0.2) is 68.1 Å². The molecule has 0 spiro atoms. The molecule has 2 heterocycles. The third-order valence-electron chi connectivity index (χ3n) is 4.38. The first-order chi connectivity index (χ1) is 9.13. The number of likely N-dealkylation sites (tertiary alicyclic amines) is 2. The number of carbonyl (C=O) groups is 1. The zero-order chi connectivity index (χ0) is 13.7. The molecular formula is C15H28N2O2. The standard InChI is InChI=1S/C15H28N2O2/c1-13(18)3-9-17-10-4-14(11-17)12-19-15-5-7-16(2)8-6-15/h14-15H,3-12H2,1-2H3. The van der Waals surface area contributed by atoms with Crippen LogP contribution in [0, 0.1) is 5.92 Å². The smallest absolute Gasteiger partial charge is 0.131 e. The fourth-order valence-corrected chi connectivity index (χ4v) is 2.99. The Morgan fingerprint density at radius 3 is 2.63 bits per heavy atom. The van der Waals surface area contributed by atoms with Gasteiger partial charge in [-0.1, -0.05) is 0 Å². The number of ketones is 1. The van der Waals surface area contributed by atoms with Crippen molar-refractivity contribution in [1.29, 1.82) is 0 Å². The van der Waals surface area contributed by atoms with Gasteiger partial charge in [0.25, 0.3) is 0 Å². The molecule has 0 aromatic carbocycles. The second-order valence-corrected chi connectivity index (χ2v) is 6.24.